The Kier molecular flexibility index (Phi) is 7.20. The molecule has 0 bridgehead atoms. The van der Waals surface area contributed by atoms with Gasteiger partial charge in [-0.2, -0.15) is 5.10 Å². The van der Waals surface area contributed by atoms with E-state index in [-0.39, 0.29) is 23.4 Å². The van der Waals surface area contributed by atoms with Crippen molar-refractivity contribution in [3.63, 3.8) is 0 Å². The first-order valence-corrected chi connectivity index (χ1v) is 13.1. The molecule has 0 atom stereocenters. The fraction of sp³-hybridized carbons (Fsp3) is 0.345. The van der Waals surface area contributed by atoms with Crippen molar-refractivity contribution in [2.45, 2.75) is 32.2 Å². The zero-order valence-electron chi connectivity index (χ0n) is 22.1. The highest BCUT2D eigenvalue weighted by Crippen LogP contribution is 2.30. The van der Waals surface area contributed by atoms with Crippen molar-refractivity contribution in [2.75, 3.05) is 43.4 Å². The Morgan fingerprint density at radius 1 is 0.974 bits per heavy atom. The number of rotatable bonds is 8. The average molecular weight is 515 g/mol. The second-order valence-electron chi connectivity index (χ2n) is 9.83. The molecule has 2 aromatic heterocycles. The maximum atomic E-state index is 13.2. The molecular formula is C29H34N6O3. The van der Waals surface area contributed by atoms with Crippen LogP contribution in [0.4, 0.5) is 11.5 Å². The molecule has 1 aliphatic heterocycles. The molecule has 9 heteroatoms. The number of H-pyrrole nitrogens is 1. The van der Waals surface area contributed by atoms with E-state index in [9.17, 15) is 9.59 Å². The third kappa shape index (κ3) is 5.02. The lowest BCUT2D eigenvalue weighted by Gasteiger charge is -2.34. The fourth-order valence-electron chi connectivity index (χ4n) is 5.02. The summed E-state index contributed by atoms with van der Waals surface area (Å²) in [7, 11) is 2.12. The molecule has 5 rings (SSSR count). The van der Waals surface area contributed by atoms with E-state index in [1.54, 1.807) is 6.07 Å². The molecule has 0 radical (unpaired) electrons. The fourth-order valence-corrected chi connectivity index (χ4v) is 5.02. The molecule has 9 nitrogen and oxygen atoms in total. The number of carbonyl (C=O) groups is 2. The molecular weight excluding hydrogens is 480 g/mol. The first-order valence-electron chi connectivity index (χ1n) is 13.1. The number of nitrogens with zero attached hydrogens (tertiary/aromatic N) is 3. The minimum absolute atomic E-state index is 0.155. The van der Waals surface area contributed by atoms with Crippen LogP contribution in [-0.2, 0) is 5.54 Å². The van der Waals surface area contributed by atoms with Gasteiger partial charge in [0, 0.05) is 43.5 Å². The Morgan fingerprint density at radius 3 is 2.32 bits per heavy atom. The molecule has 2 aromatic carbocycles. The van der Waals surface area contributed by atoms with Gasteiger partial charge in [-0.05, 0) is 49.7 Å². The van der Waals surface area contributed by atoms with E-state index in [0.717, 1.165) is 50.3 Å². The number of nitrogens with one attached hydrogen (secondary N) is 3. The summed E-state index contributed by atoms with van der Waals surface area (Å²) in [5.41, 5.74) is 3.02. The number of benzene rings is 2. The maximum absolute atomic E-state index is 13.2. The number of hydrogen-bond donors (Lipinski definition) is 3. The molecule has 2 amide bonds. The van der Waals surface area contributed by atoms with Crippen LogP contribution in [0.15, 0.2) is 65.1 Å². The van der Waals surface area contributed by atoms with Crippen LogP contribution < -0.4 is 15.5 Å². The molecule has 1 fully saturated rings. The van der Waals surface area contributed by atoms with Gasteiger partial charge in [0.05, 0.1) is 5.54 Å². The first kappa shape index (κ1) is 25.5. The second-order valence-corrected chi connectivity index (χ2v) is 9.83. The second kappa shape index (κ2) is 10.7. The molecule has 3 N–H and O–H groups in total. The maximum Gasteiger partial charge on any atom is 0.287 e. The third-order valence-electron chi connectivity index (χ3n) is 7.58. The number of anilines is 2. The number of likely N-dealkylation sites (N-methyl/N-ethyl adjacent to an activating group) is 1. The Balaban J connectivity index is 1.29. The number of carbonyl (C=O) groups excluding carboxylic acids is 2. The zero-order valence-corrected chi connectivity index (χ0v) is 22.1. The molecule has 3 heterocycles. The summed E-state index contributed by atoms with van der Waals surface area (Å²) >= 11 is 0. The van der Waals surface area contributed by atoms with Crippen LogP contribution >= 0.6 is 0 Å². The highest BCUT2D eigenvalue weighted by atomic mass is 16.3. The average Bonchev–Trinajstić information content (AvgIpc) is 3.55. The van der Waals surface area contributed by atoms with Crippen molar-refractivity contribution in [3.8, 4) is 0 Å². The van der Waals surface area contributed by atoms with Gasteiger partial charge in [0.15, 0.2) is 17.2 Å². The molecule has 198 valence electrons. The summed E-state index contributed by atoms with van der Waals surface area (Å²) < 4.78 is 5.88. The quantitative estimate of drug-likeness (QED) is 0.317. The molecule has 0 spiro atoms. The molecule has 38 heavy (non-hydrogen) atoms. The van der Waals surface area contributed by atoms with Gasteiger partial charge in [0.1, 0.15) is 5.52 Å². The van der Waals surface area contributed by atoms with Crippen LogP contribution in [0.5, 0.6) is 0 Å². The summed E-state index contributed by atoms with van der Waals surface area (Å²) in [5, 5.41) is 13.0. The number of fused-ring (bicyclic) bond motifs is 1. The van der Waals surface area contributed by atoms with Crippen LogP contribution in [0, 0.1) is 0 Å². The lowest BCUT2D eigenvalue weighted by atomic mass is 9.84. The molecule has 0 unspecified atom stereocenters. The number of piperazine rings is 1. The molecule has 1 aliphatic rings. The number of aromatic nitrogens is 2. The predicted octanol–water partition coefficient (Wildman–Crippen LogP) is 4.61. The molecule has 1 saturated heterocycles. The van der Waals surface area contributed by atoms with Crippen LogP contribution in [0.1, 0.15) is 53.2 Å². The summed E-state index contributed by atoms with van der Waals surface area (Å²) in [6.07, 6.45) is 1.46. The SMILES string of the molecule is CCC(CC)(NC(=O)c1cc2[nH]nc(NC(=O)c3ccc(N4CCN(C)CC4)cc3)c2o1)c1ccccc1. The first-order chi connectivity index (χ1) is 18.4. The molecule has 4 aromatic rings. The number of amides is 2. The zero-order chi connectivity index (χ0) is 26.7. The lowest BCUT2D eigenvalue weighted by Crippen LogP contribution is -2.45. The van der Waals surface area contributed by atoms with E-state index in [1.165, 1.54) is 0 Å². The van der Waals surface area contributed by atoms with Gasteiger partial charge in [0.2, 0.25) is 0 Å². The number of hydrogen-bond acceptors (Lipinski definition) is 6. The Hall–Kier alpha value is -4.11. The molecule has 0 saturated carbocycles. The minimum atomic E-state index is -0.510. The standard InChI is InChI=1S/C29H34N6O3/c1-4-29(5-2,21-9-7-6-8-10-21)31-28(37)24-19-23-25(38-24)26(33-32-23)30-27(36)20-11-13-22(14-12-20)35-17-15-34(3)16-18-35/h6-14,19H,4-5,15-18H2,1-3H3,(H,31,37)(H2,30,32,33,36). The monoisotopic (exact) mass is 514 g/mol. The van der Waals surface area contributed by atoms with Crippen LogP contribution in [0.3, 0.4) is 0 Å². The van der Waals surface area contributed by atoms with Crippen molar-refractivity contribution in [3.05, 3.63) is 77.6 Å². The van der Waals surface area contributed by atoms with Crippen molar-refractivity contribution in [1.82, 2.24) is 20.4 Å². The molecule has 0 aliphatic carbocycles. The highest BCUT2D eigenvalue weighted by Gasteiger charge is 2.32. The van der Waals surface area contributed by atoms with Crippen molar-refractivity contribution < 1.29 is 14.0 Å². The number of aromatic amines is 1. The Bertz CT molecular complexity index is 1400. The Labute approximate surface area is 222 Å². The van der Waals surface area contributed by atoms with Gasteiger partial charge in [-0.1, -0.05) is 44.2 Å². The summed E-state index contributed by atoms with van der Waals surface area (Å²) in [5.74, 6) is -0.222. The normalized spacial score (nSPS) is 14.6. The number of furan rings is 1. The predicted molar refractivity (Wildman–Crippen MR) is 149 cm³/mol. The van der Waals surface area contributed by atoms with Gasteiger partial charge in [-0.25, -0.2) is 0 Å². The Morgan fingerprint density at radius 2 is 1.66 bits per heavy atom. The van der Waals surface area contributed by atoms with E-state index >= 15 is 0 Å². The lowest BCUT2D eigenvalue weighted by molar-refractivity contribution is 0.0862. The van der Waals surface area contributed by atoms with Crippen molar-refractivity contribution in [2.24, 2.45) is 0 Å². The van der Waals surface area contributed by atoms with Crippen molar-refractivity contribution in [1.29, 1.82) is 0 Å². The third-order valence-corrected chi connectivity index (χ3v) is 7.58. The van der Waals surface area contributed by atoms with Gasteiger partial charge in [-0.3, -0.25) is 14.7 Å². The van der Waals surface area contributed by atoms with Crippen LogP contribution in [0.2, 0.25) is 0 Å². The van der Waals surface area contributed by atoms with E-state index < -0.39 is 5.54 Å². The summed E-state index contributed by atoms with van der Waals surface area (Å²) in [4.78, 5) is 30.8. The van der Waals surface area contributed by atoms with E-state index in [1.807, 2.05) is 54.6 Å². The van der Waals surface area contributed by atoms with Gasteiger partial charge in [-0.15, -0.1) is 0 Å². The van der Waals surface area contributed by atoms with Crippen molar-refractivity contribution >= 4 is 34.4 Å². The van der Waals surface area contributed by atoms with Gasteiger partial charge >= 0.3 is 0 Å². The summed E-state index contributed by atoms with van der Waals surface area (Å²) in [6.45, 7) is 8.07. The van der Waals surface area contributed by atoms with E-state index in [0.29, 0.717) is 16.7 Å². The minimum Gasteiger partial charge on any atom is -0.445 e. The van der Waals surface area contributed by atoms with Gasteiger partial charge < -0.3 is 24.9 Å². The van der Waals surface area contributed by atoms with Crippen LogP contribution in [0.25, 0.3) is 11.1 Å². The van der Waals surface area contributed by atoms with E-state index in [2.05, 4.69) is 51.5 Å². The highest BCUT2D eigenvalue weighted by molar-refractivity contribution is 6.07. The largest absolute Gasteiger partial charge is 0.445 e. The van der Waals surface area contributed by atoms with Crippen LogP contribution in [-0.4, -0.2) is 60.1 Å². The van der Waals surface area contributed by atoms with E-state index in [4.69, 9.17) is 4.42 Å². The van der Waals surface area contributed by atoms with Gasteiger partial charge in [0.25, 0.3) is 11.8 Å². The topological polar surface area (TPSA) is 106 Å². The smallest absolute Gasteiger partial charge is 0.287 e. The summed E-state index contributed by atoms with van der Waals surface area (Å²) in [6, 6.07) is 19.1.